The molecule has 1 heterocycles. The number of hydrogen-bond donors (Lipinski definition) is 2. The molecule has 9 heteroatoms. The number of nitrogens with one attached hydrogen (secondary N) is 2. The monoisotopic (exact) mass is 557 g/mol. The lowest BCUT2D eigenvalue weighted by Crippen LogP contribution is -2.33. The molecule has 0 aliphatic carbocycles. The Morgan fingerprint density at radius 1 is 1.03 bits per heavy atom. The van der Waals surface area contributed by atoms with Gasteiger partial charge in [-0.2, -0.15) is 0 Å². The number of aryl methyl sites for hydroxylation is 1. The van der Waals surface area contributed by atoms with Crippen molar-refractivity contribution in [3.05, 3.63) is 68.9 Å². The van der Waals surface area contributed by atoms with Crippen LogP contribution in [0.5, 0.6) is 0 Å². The van der Waals surface area contributed by atoms with Gasteiger partial charge in [0.1, 0.15) is 0 Å². The molecule has 1 aromatic heterocycles. The fraction of sp³-hybridized carbons (Fsp3) is 0.385. The number of carbonyl (C=O) groups excluding carboxylic acids is 2. The molecule has 3 rings (SSSR count). The Hall–Kier alpha value is -2.65. The average Bonchev–Trinajstić information content (AvgIpc) is 3.24. The van der Waals surface area contributed by atoms with Crippen molar-refractivity contribution in [1.82, 2.24) is 20.1 Å². The Bertz CT molecular complexity index is 1210. The minimum Gasteiger partial charge on any atom is -0.342 e. The van der Waals surface area contributed by atoms with Crippen molar-refractivity contribution in [2.45, 2.75) is 59.3 Å². The maximum atomic E-state index is 12.9. The summed E-state index contributed by atoms with van der Waals surface area (Å²) < 4.78 is 2.98. The van der Waals surface area contributed by atoms with Gasteiger partial charge >= 0.3 is 0 Å². The van der Waals surface area contributed by atoms with E-state index in [4.69, 9.17) is 0 Å². The molecule has 0 bridgehead atoms. The summed E-state index contributed by atoms with van der Waals surface area (Å²) in [7, 11) is 0. The predicted octanol–water partition coefficient (Wildman–Crippen LogP) is 5.84. The third-order valence-electron chi connectivity index (χ3n) is 5.93. The molecule has 7 nitrogen and oxygen atoms in total. The predicted molar refractivity (Wildman–Crippen MR) is 145 cm³/mol. The summed E-state index contributed by atoms with van der Waals surface area (Å²) in [6.45, 7) is 12.7. The summed E-state index contributed by atoms with van der Waals surface area (Å²) >= 11 is 4.85. The maximum Gasteiger partial charge on any atom is 0.251 e. The molecule has 0 fully saturated rings. The van der Waals surface area contributed by atoms with Crippen LogP contribution < -0.4 is 10.6 Å². The van der Waals surface area contributed by atoms with Crippen LogP contribution in [0.15, 0.2) is 46.0 Å². The second-order valence-electron chi connectivity index (χ2n) is 8.83. The SMILES string of the molecule is CCn1c(SCC(=O)Nc2ccc(Br)c(C)c2C)nnc1[C@H](NC(=O)c1ccc(C)cc1)C(C)C. The Morgan fingerprint density at radius 3 is 2.34 bits per heavy atom. The zero-order valence-electron chi connectivity index (χ0n) is 21.0. The molecule has 2 N–H and O–H groups in total. The van der Waals surface area contributed by atoms with Crippen molar-refractivity contribution in [1.29, 1.82) is 0 Å². The van der Waals surface area contributed by atoms with Gasteiger partial charge in [-0.05, 0) is 69.0 Å². The summed E-state index contributed by atoms with van der Waals surface area (Å²) in [6, 6.07) is 11.0. The van der Waals surface area contributed by atoms with Gasteiger partial charge in [-0.3, -0.25) is 9.59 Å². The van der Waals surface area contributed by atoms with Gasteiger partial charge in [-0.1, -0.05) is 59.2 Å². The number of anilines is 1. The van der Waals surface area contributed by atoms with Crippen LogP contribution in [0.2, 0.25) is 0 Å². The second kappa shape index (κ2) is 11.9. The zero-order chi connectivity index (χ0) is 25.7. The zero-order valence-corrected chi connectivity index (χ0v) is 23.4. The molecule has 1 atom stereocenters. The minimum atomic E-state index is -0.312. The fourth-order valence-electron chi connectivity index (χ4n) is 3.63. The molecule has 0 radical (unpaired) electrons. The maximum absolute atomic E-state index is 12.9. The standard InChI is InChI=1S/C26H32BrN5O2S/c1-7-32-24(23(15(2)3)29-25(34)19-10-8-16(4)9-11-19)30-31-26(32)35-14-22(33)28-21-13-12-20(27)17(5)18(21)6/h8-13,15,23H,7,14H2,1-6H3,(H,28,33)(H,29,34)/t23-/m1/s1. The first kappa shape index (κ1) is 26.9. The first-order valence-corrected chi connectivity index (χ1v) is 13.4. The van der Waals surface area contributed by atoms with Gasteiger partial charge in [0.2, 0.25) is 5.91 Å². The summed E-state index contributed by atoms with van der Waals surface area (Å²) in [5.74, 6) is 0.728. The van der Waals surface area contributed by atoms with Crippen molar-refractivity contribution in [3.63, 3.8) is 0 Å². The highest BCUT2D eigenvalue weighted by Gasteiger charge is 2.26. The minimum absolute atomic E-state index is 0.101. The molecule has 35 heavy (non-hydrogen) atoms. The van der Waals surface area contributed by atoms with Crippen LogP contribution in [0, 0.1) is 26.7 Å². The van der Waals surface area contributed by atoms with Crippen LogP contribution in [0.3, 0.4) is 0 Å². The van der Waals surface area contributed by atoms with Gasteiger partial charge in [-0.15, -0.1) is 10.2 Å². The van der Waals surface area contributed by atoms with E-state index in [1.807, 2.05) is 82.5 Å². The lowest BCUT2D eigenvalue weighted by molar-refractivity contribution is -0.113. The summed E-state index contributed by atoms with van der Waals surface area (Å²) in [5.41, 5.74) is 4.63. The molecule has 2 aromatic carbocycles. The molecule has 0 spiro atoms. The molecular formula is C26H32BrN5O2S. The number of thioether (sulfide) groups is 1. The lowest BCUT2D eigenvalue weighted by atomic mass is 10.0. The van der Waals surface area contributed by atoms with Crippen LogP contribution >= 0.6 is 27.7 Å². The first-order valence-electron chi connectivity index (χ1n) is 11.6. The highest BCUT2D eigenvalue weighted by molar-refractivity contribution is 9.10. The van der Waals surface area contributed by atoms with Gasteiger partial charge in [0.05, 0.1) is 11.8 Å². The van der Waals surface area contributed by atoms with Crippen molar-refractivity contribution in [2.75, 3.05) is 11.1 Å². The quantitative estimate of drug-likeness (QED) is 0.322. The number of amides is 2. The van der Waals surface area contributed by atoms with E-state index >= 15 is 0 Å². The number of rotatable bonds is 9. The highest BCUT2D eigenvalue weighted by atomic mass is 79.9. The van der Waals surface area contributed by atoms with Gasteiger partial charge in [0.15, 0.2) is 11.0 Å². The third-order valence-corrected chi connectivity index (χ3v) is 7.76. The van der Waals surface area contributed by atoms with Gasteiger partial charge in [0, 0.05) is 22.3 Å². The van der Waals surface area contributed by atoms with Gasteiger partial charge in [0.25, 0.3) is 5.91 Å². The van der Waals surface area contributed by atoms with Gasteiger partial charge < -0.3 is 15.2 Å². The van der Waals surface area contributed by atoms with Gasteiger partial charge in [-0.25, -0.2) is 0 Å². The Balaban J connectivity index is 1.72. The van der Waals surface area contributed by atoms with Crippen molar-refractivity contribution in [2.24, 2.45) is 5.92 Å². The first-order chi connectivity index (χ1) is 16.6. The van der Waals surface area contributed by atoms with Crippen LogP contribution in [-0.4, -0.2) is 32.3 Å². The molecule has 186 valence electrons. The lowest BCUT2D eigenvalue weighted by Gasteiger charge is -2.22. The molecule has 3 aromatic rings. The molecule has 2 amide bonds. The summed E-state index contributed by atoms with van der Waals surface area (Å²) in [4.78, 5) is 25.5. The Labute approximate surface area is 219 Å². The second-order valence-corrected chi connectivity index (χ2v) is 10.6. The molecule has 0 aliphatic rings. The van der Waals surface area contributed by atoms with E-state index in [0.717, 1.165) is 26.9 Å². The number of aromatic nitrogens is 3. The smallest absolute Gasteiger partial charge is 0.251 e. The number of halogens is 1. The molecule has 0 unspecified atom stereocenters. The average molecular weight is 559 g/mol. The molecule has 0 aliphatic heterocycles. The van der Waals surface area contributed by atoms with Crippen molar-refractivity contribution < 1.29 is 9.59 Å². The largest absolute Gasteiger partial charge is 0.342 e. The van der Waals surface area contributed by atoms with Crippen molar-refractivity contribution in [3.8, 4) is 0 Å². The van der Waals surface area contributed by atoms with E-state index in [0.29, 0.717) is 23.1 Å². The summed E-state index contributed by atoms with van der Waals surface area (Å²) in [6.07, 6.45) is 0. The van der Waals surface area contributed by atoms with Crippen LogP contribution in [-0.2, 0) is 11.3 Å². The van der Waals surface area contributed by atoms with E-state index in [9.17, 15) is 9.59 Å². The number of benzene rings is 2. The molecule has 0 saturated carbocycles. The number of nitrogens with zero attached hydrogens (tertiary/aromatic N) is 3. The topological polar surface area (TPSA) is 88.9 Å². The van der Waals surface area contributed by atoms with Crippen molar-refractivity contribution >= 4 is 45.2 Å². The van der Waals surface area contributed by atoms with Crippen LogP contribution in [0.25, 0.3) is 0 Å². The fourth-order valence-corrected chi connectivity index (χ4v) is 4.87. The van der Waals surface area contributed by atoms with Crippen LogP contribution in [0.1, 0.15) is 59.7 Å². The Morgan fingerprint density at radius 2 is 1.71 bits per heavy atom. The van der Waals surface area contributed by atoms with E-state index in [-0.39, 0.29) is 29.5 Å². The van der Waals surface area contributed by atoms with E-state index in [1.54, 1.807) is 0 Å². The molecule has 0 saturated heterocycles. The van der Waals surface area contributed by atoms with E-state index < -0.39 is 0 Å². The third kappa shape index (κ3) is 6.52. The molecular weight excluding hydrogens is 526 g/mol. The van der Waals surface area contributed by atoms with E-state index in [2.05, 4.69) is 36.8 Å². The number of hydrogen-bond acceptors (Lipinski definition) is 5. The summed E-state index contributed by atoms with van der Waals surface area (Å²) in [5, 5.41) is 15.5. The highest BCUT2D eigenvalue weighted by Crippen LogP contribution is 2.28. The van der Waals surface area contributed by atoms with Crippen LogP contribution in [0.4, 0.5) is 5.69 Å². The van der Waals surface area contributed by atoms with E-state index in [1.165, 1.54) is 11.8 Å². The number of carbonyl (C=O) groups is 2. The normalized spacial score (nSPS) is 12.0. The Kier molecular flexibility index (Phi) is 9.13.